The average Bonchev–Trinajstić information content (AvgIpc) is 2.28. The summed E-state index contributed by atoms with van der Waals surface area (Å²) in [4.78, 5) is 10.9. The minimum absolute atomic E-state index is 0.0389. The van der Waals surface area contributed by atoms with Gasteiger partial charge in [-0.05, 0) is 18.2 Å². The number of fused-ring (bicyclic) bond motifs is 1. The summed E-state index contributed by atoms with van der Waals surface area (Å²) in [6, 6.07) is 8.40. The van der Waals surface area contributed by atoms with Crippen molar-refractivity contribution in [3.63, 3.8) is 0 Å². The van der Waals surface area contributed by atoms with Gasteiger partial charge in [-0.2, -0.15) is 10.2 Å². The molecule has 0 fully saturated rings. The van der Waals surface area contributed by atoms with Gasteiger partial charge in [-0.25, -0.2) is 0 Å². The lowest BCUT2D eigenvalue weighted by Gasteiger charge is -1.93. The van der Waals surface area contributed by atoms with E-state index in [1.54, 1.807) is 18.3 Å². The van der Waals surface area contributed by atoms with E-state index in [0.29, 0.717) is 5.69 Å². The van der Waals surface area contributed by atoms with Crippen LogP contribution < -0.4 is 5.43 Å². The van der Waals surface area contributed by atoms with E-state index in [2.05, 4.69) is 10.2 Å². The lowest BCUT2D eigenvalue weighted by atomic mass is 10.1. The zero-order valence-electron chi connectivity index (χ0n) is 6.27. The highest BCUT2D eigenvalue weighted by molar-refractivity contribution is 5.58. The number of hydrogen-bond donors (Lipinski definition) is 0. The van der Waals surface area contributed by atoms with Gasteiger partial charge in [0.25, 0.3) is 0 Å². The molecule has 0 unspecified atom stereocenters. The molecule has 58 valence electrons. The van der Waals surface area contributed by atoms with Crippen LogP contribution in [0.15, 0.2) is 41.3 Å². The maximum Gasteiger partial charge on any atom is 0.180 e. The van der Waals surface area contributed by atoms with E-state index >= 15 is 0 Å². The molecule has 1 aliphatic heterocycles. The van der Waals surface area contributed by atoms with E-state index in [1.807, 2.05) is 6.07 Å². The predicted octanol–water partition coefficient (Wildman–Crippen LogP) is 0.942. The fourth-order valence-corrected chi connectivity index (χ4v) is 1.03. The van der Waals surface area contributed by atoms with E-state index < -0.39 is 0 Å². The van der Waals surface area contributed by atoms with Crippen LogP contribution in [0.1, 0.15) is 0 Å². The minimum Gasteiger partial charge on any atom is -0.290 e. The van der Waals surface area contributed by atoms with Crippen LogP contribution in [0.4, 0.5) is 0 Å². The summed E-state index contributed by atoms with van der Waals surface area (Å²) >= 11 is 0. The Kier molecular flexibility index (Phi) is 1.55. The number of benzene rings is 1. The third-order valence-corrected chi connectivity index (χ3v) is 1.60. The monoisotopic (exact) mass is 158 g/mol. The number of rotatable bonds is 0. The van der Waals surface area contributed by atoms with Gasteiger partial charge < -0.3 is 0 Å². The highest BCUT2D eigenvalue weighted by Gasteiger charge is 1.99. The van der Waals surface area contributed by atoms with E-state index in [4.69, 9.17) is 0 Å². The van der Waals surface area contributed by atoms with E-state index in [-0.39, 0.29) is 5.43 Å². The van der Waals surface area contributed by atoms with Gasteiger partial charge in [-0.15, -0.1) is 0 Å². The first-order valence-corrected chi connectivity index (χ1v) is 3.58. The fraction of sp³-hybridized carbons (Fsp3) is 0. The van der Waals surface area contributed by atoms with Crippen molar-refractivity contribution in [3.05, 3.63) is 46.8 Å². The summed E-state index contributed by atoms with van der Waals surface area (Å²) in [7, 11) is 0. The standard InChI is InChI=1S/C9H6N2O/c12-8-4-3-7-2-1-5-10-11-9(7)6-8/h1-6H. The van der Waals surface area contributed by atoms with Crippen LogP contribution in [0, 0.1) is 0 Å². The molecule has 0 aromatic rings. The second-order valence-electron chi connectivity index (χ2n) is 2.44. The third-order valence-electron chi connectivity index (χ3n) is 1.60. The number of nitrogens with zero attached hydrogens (tertiary/aromatic N) is 2. The first kappa shape index (κ1) is 6.91. The van der Waals surface area contributed by atoms with Crippen LogP contribution in [0.5, 0.6) is 0 Å². The van der Waals surface area contributed by atoms with Gasteiger partial charge in [-0.1, -0.05) is 6.07 Å². The number of hydrogen-bond acceptors (Lipinski definition) is 3. The summed E-state index contributed by atoms with van der Waals surface area (Å²) in [6.45, 7) is 0. The molecule has 0 atom stereocenters. The van der Waals surface area contributed by atoms with Crippen molar-refractivity contribution in [1.29, 1.82) is 0 Å². The van der Waals surface area contributed by atoms with Crippen molar-refractivity contribution in [2.24, 2.45) is 0 Å². The summed E-state index contributed by atoms with van der Waals surface area (Å²) in [6.07, 6.45) is 1.59. The van der Waals surface area contributed by atoms with Crippen LogP contribution in [0.2, 0.25) is 0 Å². The Bertz CT molecular complexity index is 428. The first-order valence-electron chi connectivity index (χ1n) is 3.58. The van der Waals surface area contributed by atoms with Gasteiger partial charge in [0.05, 0.1) is 5.69 Å². The zero-order valence-corrected chi connectivity index (χ0v) is 6.27. The van der Waals surface area contributed by atoms with E-state index in [0.717, 1.165) is 5.56 Å². The van der Waals surface area contributed by atoms with Gasteiger partial charge >= 0.3 is 0 Å². The molecule has 0 saturated heterocycles. The zero-order chi connectivity index (χ0) is 8.39. The normalized spacial score (nSPS) is 10.0. The van der Waals surface area contributed by atoms with E-state index in [9.17, 15) is 4.79 Å². The van der Waals surface area contributed by atoms with Gasteiger partial charge in [0.15, 0.2) is 5.43 Å². The quantitative estimate of drug-likeness (QED) is 0.573. The van der Waals surface area contributed by atoms with Gasteiger partial charge in [0, 0.05) is 17.8 Å². The maximum atomic E-state index is 10.9. The smallest absolute Gasteiger partial charge is 0.180 e. The molecule has 3 heteroatoms. The average molecular weight is 158 g/mol. The molecule has 3 nitrogen and oxygen atoms in total. The summed E-state index contributed by atoms with van der Waals surface area (Å²) < 4.78 is 0. The largest absolute Gasteiger partial charge is 0.290 e. The van der Waals surface area contributed by atoms with Crippen molar-refractivity contribution < 1.29 is 0 Å². The maximum absolute atomic E-state index is 10.9. The van der Waals surface area contributed by atoms with Crippen molar-refractivity contribution in [2.75, 3.05) is 0 Å². The van der Waals surface area contributed by atoms with Gasteiger partial charge in [0.1, 0.15) is 0 Å². The van der Waals surface area contributed by atoms with Crippen LogP contribution in [0.3, 0.4) is 0 Å². The van der Waals surface area contributed by atoms with Crippen molar-refractivity contribution >= 4 is 0 Å². The Hall–Kier alpha value is -1.77. The lowest BCUT2D eigenvalue weighted by molar-refractivity contribution is 1.06. The molecule has 0 amide bonds. The predicted molar refractivity (Wildman–Crippen MR) is 44.9 cm³/mol. The summed E-state index contributed by atoms with van der Waals surface area (Å²) in [5, 5.41) is 7.58. The Morgan fingerprint density at radius 1 is 1.17 bits per heavy atom. The Morgan fingerprint density at radius 2 is 2.08 bits per heavy atom. The highest BCUT2D eigenvalue weighted by Crippen LogP contribution is 2.12. The molecule has 0 N–H and O–H groups in total. The molecule has 1 heterocycles. The van der Waals surface area contributed by atoms with Crippen LogP contribution in [0.25, 0.3) is 11.3 Å². The molecule has 2 aliphatic rings. The van der Waals surface area contributed by atoms with Crippen molar-refractivity contribution in [3.8, 4) is 11.3 Å². The molecule has 0 radical (unpaired) electrons. The van der Waals surface area contributed by atoms with Gasteiger partial charge in [0.2, 0.25) is 0 Å². The van der Waals surface area contributed by atoms with Crippen molar-refractivity contribution in [1.82, 2.24) is 10.2 Å². The third kappa shape index (κ3) is 1.16. The fourth-order valence-electron chi connectivity index (χ4n) is 1.03. The Morgan fingerprint density at radius 3 is 3.00 bits per heavy atom. The SMILES string of the molecule is O=c1ccc2cccnnc-2c1. The van der Waals surface area contributed by atoms with E-state index in [1.165, 1.54) is 12.1 Å². The van der Waals surface area contributed by atoms with Crippen LogP contribution >= 0.6 is 0 Å². The minimum atomic E-state index is -0.0389. The molecule has 1 aliphatic carbocycles. The van der Waals surface area contributed by atoms with Crippen LogP contribution in [-0.2, 0) is 0 Å². The molecular formula is C9H6N2O. The second kappa shape index (κ2) is 2.70. The van der Waals surface area contributed by atoms with Crippen LogP contribution in [-0.4, -0.2) is 10.2 Å². The topological polar surface area (TPSA) is 42.9 Å². The summed E-state index contributed by atoms with van der Waals surface area (Å²) in [5.41, 5.74) is 1.52. The lowest BCUT2D eigenvalue weighted by Crippen LogP contribution is -1.97. The molecule has 2 rings (SSSR count). The number of aromatic nitrogens is 2. The Labute approximate surface area is 69.0 Å². The van der Waals surface area contributed by atoms with Crippen molar-refractivity contribution in [2.45, 2.75) is 0 Å². The molecule has 0 aromatic carbocycles. The highest BCUT2D eigenvalue weighted by atomic mass is 16.1. The molecule has 0 bridgehead atoms. The Balaban J connectivity index is 2.82. The second-order valence-corrected chi connectivity index (χ2v) is 2.44. The first-order chi connectivity index (χ1) is 5.86. The molecule has 0 aromatic heterocycles. The molecule has 0 saturated carbocycles. The summed E-state index contributed by atoms with van der Waals surface area (Å²) in [5.74, 6) is 0. The molecular weight excluding hydrogens is 152 g/mol. The molecule has 0 spiro atoms. The van der Waals surface area contributed by atoms with Gasteiger partial charge in [-0.3, -0.25) is 4.79 Å². The molecule has 12 heavy (non-hydrogen) atoms.